The minimum Gasteiger partial charge on any atom is -0.479 e. The van der Waals surface area contributed by atoms with E-state index in [2.05, 4.69) is 0 Å². The number of benzene rings is 2. The lowest BCUT2D eigenvalue weighted by molar-refractivity contribution is -0.195. The van der Waals surface area contributed by atoms with Gasteiger partial charge in [0.25, 0.3) is 17.4 Å². The van der Waals surface area contributed by atoms with Gasteiger partial charge in [-0.1, -0.05) is 48.5 Å². The minimum absolute atomic E-state index is 0.611. The molecule has 0 saturated carbocycles. The molecule has 0 bridgehead atoms. The molecule has 1 heterocycles. The van der Waals surface area contributed by atoms with E-state index >= 15 is 0 Å². The molecule has 4 rings (SSSR count). The van der Waals surface area contributed by atoms with Crippen molar-refractivity contribution >= 4 is 17.8 Å². The summed E-state index contributed by atoms with van der Waals surface area (Å²) in [6, 6.07) is 14.3. The topological polar surface area (TPSA) is 113 Å². The van der Waals surface area contributed by atoms with Gasteiger partial charge in [-0.05, 0) is 22.3 Å². The summed E-state index contributed by atoms with van der Waals surface area (Å²) < 4.78 is 5.39. The van der Waals surface area contributed by atoms with Gasteiger partial charge in [0.2, 0.25) is 5.60 Å². The number of aliphatic carboxylic acids is 1. The predicted octanol–water partition coefficient (Wildman–Crippen LogP) is 0.656. The Balaban J connectivity index is 2.08. The molecular weight excluding hydrogens is 338 g/mol. The normalized spacial score (nSPS) is 27.2. The van der Waals surface area contributed by atoms with Crippen molar-refractivity contribution in [1.82, 2.24) is 5.32 Å². The molecule has 7 nitrogen and oxygen atoms in total. The lowest BCUT2D eigenvalue weighted by Crippen LogP contribution is -2.65. The molecule has 2 atom stereocenters. The van der Waals surface area contributed by atoms with Crippen molar-refractivity contribution in [3.8, 4) is 11.1 Å². The second-order valence-corrected chi connectivity index (χ2v) is 6.35. The second kappa shape index (κ2) is 5.23. The highest BCUT2D eigenvalue weighted by molar-refractivity contribution is 6.23. The Morgan fingerprint density at radius 1 is 1.00 bits per heavy atom. The van der Waals surface area contributed by atoms with E-state index in [1.54, 1.807) is 24.3 Å². The van der Waals surface area contributed by atoms with E-state index in [-0.39, 0.29) is 0 Å². The maximum absolute atomic E-state index is 12.8. The van der Waals surface area contributed by atoms with E-state index in [1.165, 1.54) is 0 Å². The van der Waals surface area contributed by atoms with Gasteiger partial charge in [0, 0.05) is 7.11 Å². The van der Waals surface area contributed by atoms with Crippen molar-refractivity contribution in [3.05, 3.63) is 59.7 Å². The number of aliphatic hydroxyl groups is 1. The van der Waals surface area contributed by atoms with Crippen LogP contribution in [0.2, 0.25) is 0 Å². The summed E-state index contributed by atoms with van der Waals surface area (Å²) in [6.07, 6.45) is 0. The van der Waals surface area contributed by atoms with Gasteiger partial charge in [-0.3, -0.25) is 14.9 Å². The number of carboxylic acids is 1. The Hall–Kier alpha value is -3.03. The highest BCUT2D eigenvalue weighted by atomic mass is 16.5. The standard InChI is InChI=1S/C19H15NO6/c1-26-19(16(22)20-15(21)18(19,25)17(23)24)14-12-8-4-2-6-10(12)11-7-3-5-9-13(11)14/h2-9,14,25H,1H3,(H,23,24)(H,20,21,22). The van der Waals surface area contributed by atoms with Crippen LogP contribution in [0.3, 0.4) is 0 Å². The molecule has 1 aliphatic carbocycles. The maximum atomic E-state index is 12.8. The summed E-state index contributed by atoms with van der Waals surface area (Å²) in [6.45, 7) is 0. The first-order valence-corrected chi connectivity index (χ1v) is 7.94. The van der Waals surface area contributed by atoms with E-state index in [9.17, 15) is 24.6 Å². The fourth-order valence-electron chi connectivity index (χ4n) is 4.17. The van der Waals surface area contributed by atoms with Crippen LogP contribution >= 0.6 is 0 Å². The van der Waals surface area contributed by atoms with Crippen LogP contribution in [-0.2, 0) is 19.1 Å². The summed E-state index contributed by atoms with van der Waals surface area (Å²) in [7, 11) is 1.12. The molecule has 1 saturated heterocycles. The van der Waals surface area contributed by atoms with Gasteiger partial charge >= 0.3 is 5.97 Å². The monoisotopic (exact) mass is 353 g/mol. The third-order valence-electron chi connectivity index (χ3n) is 5.30. The number of carbonyl (C=O) groups excluding carboxylic acids is 2. The number of carboxylic acid groups (broad SMARTS) is 1. The van der Waals surface area contributed by atoms with Crippen LogP contribution in [0, 0.1) is 0 Å². The number of imide groups is 1. The molecule has 7 heteroatoms. The number of hydrogen-bond donors (Lipinski definition) is 3. The minimum atomic E-state index is -3.06. The van der Waals surface area contributed by atoms with Gasteiger partial charge in [-0.25, -0.2) is 4.79 Å². The number of fused-ring (bicyclic) bond motifs is 3. The van der Waals surface area contributed by atoms with Crippen molar-refractivity contribution in [2.75, 3.05) is 7.11 Å². The highest BCUT2D eigenvalue weighted by Gasteiger charge is 2.75. The maximum Gasteiger partial charge on any atom is 0.349 e. The molecule has 3 N–H and O–H groups in total. The SMILES string of the molecule is COC1(C2c3ccccc3-c3ccccc32)C(=O)NC(=O)C1(O)C(=O)O. The van der Waals surface area contributed by atoms with E-state index in [0.29, 0.717) is 11.1 Å². The average Bonchev–Trinajstić information content (AvgIpc) is 3.07. The van der Waals surface area contributed by atoms with Crippen molar-refractivity contribution < 1.29 is 29.3 Å². The van der Waals surface area contributed by atoms with Crippen LogP contribution in [0.25, 0.3) is 11.1 Å². The summed E-state index contributed by atoms with van der Waals surface area (Å²) in [5.41, 5.74) is -2.58. The molecule has 132 valence electrons. The van der Waals surface area contributed by atoms with Crippen molar-refractivity contribution in [2.45, 2.75) is 17.1 Å². The lowest BCUT2D eigenvalue weighted by Gasteiger charge is -2.39. The smallest absolute Gasteiger partial charge is 0.349 e. The first-order valence-electron chi connectivity index (χ1n) is 7.94. The molecule has 26 heavy (non-hydrogen) atoms. The van der Waals surface area contributed by atoms with Gasteiger partial charge in [0.1, 0.15) is 0 Å². The molecule has 0 spiro atoms. The Bertz CT molecular complexity index is 925. The number of ether oxygens (including phenoxy) is 1. The molecule has 2 amide bonds. The van der Waals surface area contributed by atoms with Crippen LogP contribution < -0.4 is 5.32 Å². The molecule has 0 radical (unpaired) electrons. The Kier molecular flexibility index (Phi) is 3.31. The van der Waals surface area contributed by atoms with Gasteiger partial charge in [0.05, 0.1) is 5.92 Å². The van der Waals surface area contributed by atoms with Crippen LogP contribution in [0.4, 0.5) is 0 Å². The third-order valence-corrected chi connectivity index (χ3v) is 5.30. The predicted molar refractivity (Wildman–Crippen MR) is 89.2 cm³/mol. The van der Waals surface area contributed by atoms with Crippen LogP contribution in [-0.4, -0.2) is 46.3 Å². The molecule has 1 aliphatic heterocycles. The average molecular weight is 353 g/mol. The van der Waals surface area contributed by atoms with Crippen molar-refractivity contribution in [3.63, 3.8) is 0 Å². The van der Waals surface area contributed by atoms with Gasteiger partial charge < -0.3 is 14.9 Å². The van der Waals surface area contributed by atoms with E-state index in [1.807, 2.05) is 29.6 Å². The zero-order valence-corrected chi connectivity index (χ0v) is 13.7. The van der Waals surface area contributed by atoms with Crippen molar-refractivity contribution in [2.24, 2.45) is 0 Å². The quantitative estimate of drug-likeness (QED) is 0.552. The molecule has 0 aromatic heterocycles. The summed E-state index contributed by atoms with van der Waals surface area (Å²) in [5, 5.41) is 22.4. The number of carbonyl (C=O) groups is 3. The van der Waals surface area contributed by atoms with E-state index < -0.39 is 34.9 Å². The van der Waals surface area contributed by atoms with Crippen LogP contribution in [0.15, 0.2) is 48.5 Å². The Morgan fingerprint density at radius 3 is 1.96 bits per heavy atom. The fraction of sp³-hybridized carbons (Fsp3) is 0.211. The van der Waals surface area contributed by atoms with E-state index in [4.69, 9.17) is 4.74 Å². The number of amides is 2. The van der Waals surface area contributed by atoms with Gasteiger partial charge in [-0.15, -0.1) is 0 Å². The van der Waals surface area contributed by atoms with Crippen molar-refractivity contribution in [1.29, 1.82) is 0 Å². The number of hydrogen-bond acceptors (Lipinski definition) is 5. The summed E-state index contributed by atoms with van der Waals surface area (Å²) in [5.74, 6) is -5.10. The number of nitrogens with one attached hydrogen (secondary N) is 1. The zero-order valence-electron chi connectivity index (χ0n) is 13.7. The van der Waals surface area contributed by atoms with E-state index in [0.717, 1.165) is 18.2 Å². The number of rotatable bonds is 3. The molecule has 2 unspecified atom stereocenters. The zero-order chi connectivity index (χ0) is 18.7. The summed E-state index contributed by atoms with van der Waals surface area (Å²) in [4.78, 5) is 36.9. The molecular formula is C19H15NO6. The Morgan fingerprint density at radius 2 is 1.50 bits per heavy atom. The van der Waals surface area contributed by atoms with Crippen LogP contribution in [0.1, 0.15) is 17.0 Å². The second-order valence-electron chi connectivity index (χ2n) is 6.35. The summed E-state index contributed by atoms with van der Waals surface area (Å²) >= 11 is 0. The molecule has 1 fully saturated rings. The third kappa shape index (κ3) is 1.66. The molecule has 2 aliphatic rings. The first-order chi connectivity index (χ1) is 12.4. The van der Waals surface area contributed by atoms with Gasteiger partial charge in [-0.2, -0.15) is 0 Å². The van der Waals surface area contributed by atoms with Crippen LogP contribution in [0.5, 0.6) is 0 Å². The lowest BCUT2D eigenvalue weighted by atomic mass is 9.70. The fourth-order valence-corrected chi connectivity index (χ4v) is 4.17. The molecule has 2 aromatic carbocycles. The highest BCUT2D eigenvalue weighted by Crippen LogP contribution is 2.55. The first kappa shape index (κ1) is 16.4. The van der Waals surface area contributed by atoms with Gasteiger partial charge in [0.15, 0.2) is 0 Å². The Labute approximate surface area is 148 Å². The largest absolute Gasteiger partial charge is 0.479 e. The molecule has 2 aromatic rings. The number of methoxy groups -OCH3 is 1.